The molecule has 4 rings (SSSR count). The number of amides is 1. The van der Waals surface area contributed by atoms with E-state index in [0.717, 1.165) is 54.4 Å². The maximum Gasteiger partial charge on any atom is 0.291 e. The summed E-state index contributed by atoms with van der Waals surface area (Å²) in [4.78, 5) is 19.6. The predicted octanol–water partition coefficient (Wildman–Crippen LogP) is 6.62. The first-order valence-electron chi connectivity index (χ1n) is 15.1. The summed E-state index contributed by atoms with van der Waals surface area (Å²) in [5.41, 5.74) is 5.01. The maximum atomic E-state index is 13.1. The third kappa shape index (κ3) is 8.89. The minimum atomic E-state index is -0.900. The van der Waals surface area contributed by atoms with E-state index in [1.165, 1.54) is 12.7 Å². The van der Waals surface area contributed by atoms with E-state index in [9.17, 15) is 9.90 Å². The van der Waals surface area contributed by atoms with Crippen molar-refractivity contribution in [1.29, 1.82) is 0 Å². The van der Waals surface area contributed by atoms with Crippen LogP contribution in [0, 0.1) is 12.8 Å². The number of nitrogens with one attached hydrogen (secondary N) is 1. The second kappa shape index (κ2) is 16.6. The summed E-state index contributed by atoms with van der Waals surface area (Å²) in [6.45, 7) is 10.6. The van der Waals surface area contributed by atoms with Crippen molar-refractivity contribution in [2.45, 2.75) is 39.4 Å². The number of furan rings is 1. The lowest BCUT2D eigenvalue weighted by Gasteiger charge is -2.20. The van der Waals surface area contributed by atoms with E-state index in [1.54, 1.807) is 18.6 Å². The van der Waals surface area contributed by atoms with E-state index in [0.29, 0.717) is 24.5 Å². The largest absolute Gasteiger partial charge is 0.451 e. The number of hydrogen-bond donors (Lipinski definition) is 2. The topological polar surface area (TPSA) is 96.5 Å². The summed E-state index contributed by atoms with van der Waals surface area (Å²) in [5, 5.41) is 13.6. The summed E-state index contributed by atoms with van der Waals surface area (Å²) in [7, 11) is 1.48. The molecule has 0 aliphatic heterocycles. The normalized spacial score (nSPS) is 17.5. The molecule has 1 aromatic carbocycles. The van der Waals surface area contributed by atoms with Crippen molar-refractivity contribution in [1.82, 2.24) is 10.2 Å². The molecular weight excluding hydrogens is 554 g/mol. The van der Waals surface area contributed by atoms with E-state index in [4.69, 9.17) is 13.9 Å². The molecule has 2 aromatic rings. The van der Waals surface area contributed by atoms with Gasteiger partial charge in [-0.15, -0.1) is 0 Å². The maximum absolute atomic E-state index is 13.1. The number of aryl methyl sites for hydroxylation is 1. The summed E-state index contributed by atoms with van der Waals surface area (Å²) >= 11 is 0. The quantitative estimate of drug-likeness (QED) is 0.0788. The van der Waals surface area contributed by atoms with Gasteiger partial charge in [-0.3, -0.25) is 4.79 Å². The highest BCUT2D eigenvalue weighted by Crippen LogP contribution is 2.30. The van der Waals surface area contributed by atoms with Crippen LogP contribution in [0.4, 0.5) is 0 Å². The van der Waals surface area contributed by atoms with Crippen LogP contribution in [0.15, 0.2) is 106 Å². The number of carbonyl (C=O) groups is 1. The van der Waals surface area contributed by atoms with Crippen molar-refractivity contribution in [3.05, 3.63) is 114 Å². The lowest BCUT2D eigenvalue weighted by atomic mass is 9.96. The molecule has 1 amide bonds. The first-order valence-corrected chi connectivity index (χ1v) is 15.1. The van der Waals surface area contributed by atoms with Crippen LogP contribution in [0.25, 0.3) is 16.5 Å². The van der Waals surface area contributed by atoms with E-state index in [-0.39, 0.29) is 17.6 Å². The Morgan fingerprint density at radius 3 is 2.95 bits per heavy atom. The molecule has 2 unspecified atom stereocenters. The molecule has 0 bridgehead atoms. The van der Waals surface area contributed by atoms with Gasteiger partial charge in [-0.2, -0.15) is 0 Å². The molecule has 0 saturated carbocycles. The zero-order chi connectivity index (χ0) is 31.3. The van der Waals surface area contributed by atoms with Crippen molar-refractivity contribution >= 4 is 28.8 Å². The van der Waals surface area contributed by atoms with Crippen LogP contribution in [0.2, 0.25) is 0 Å². The Hall–Kier alpha value is -4.24. The standard InChI is InChI=1S/C36H43N3O5/c1-5-31(23-37-25-39(6-2)19-12-20-43-24-27-13-11-16-30(21-27)36(41)42-4)38-35(40)34-26(3)32-22-29(17-18-33(32)44-34)28-14-9-7-8-10-15-28/h5,7-11,14,16-18,21-23,25,27,36,41H,1,6,12-13,15,19-20,24H2,2-4H3,(H,38,40)/b31-23+,37-25?. The first kappa shape index (κ1) is 32.7. The van der Waals surface area contributed by atoms with Crippen LogP contribution >= 0.6 is 0 Å². The van der Waals surface area contributed by atoms with Crippen molar-refractivity contribution < 1.29 is 23.8 Å². The molecule has 0 saturated heterocycles. The molecule has 44 heavy (non-hydrogen) atoms. The highest BCUT2D eigenvalue weighted by molar-refractivity contribution is 6.00. The Labute approximate surface area is 260 Å². The number of rotatable bonds is 15. The third-order valence-corrected chi connectivity index (χ3v) is 7.59. The number of hydrogen-bond acceptors (Lipinski definition) is 6. The summed E-state index contributed by atoms with van der Waals surface area (Å²) in [6, 6.07) is 6.02. The number of aliphatic hydroxyl groups excluding tert-OH is 1. The number of allylic oxidation sites excluding steroid dienone is 8. The average molecular weight is 598 g/mol. The number of fused-ring (bicyclic) bond motifs is 1. The van der Waals surface area contributed by atoms with Gasteiger partial charge in [-0.25, -0.2) is 4.99 Å². The van der Waals surface area contributed by atoms with Gasteiger partial charge in [0.15, 0.2) is 12.1 Å². The highest BCUT2D eigenvalue weighted by atomic mass is 16.6. The highest BCUT2D eigenvalue weighted by Gasteiger charge is 2.19. The molecule has 2 atom stereocenters. The summed E-state index contributed by atoms with van der Waals surface area (Å²) in [6.07, 6.45) is 22.8. The first-order chi connectivity index (χ1) is 21.4. The number of aliphatic imine (C=N–C) groups is 1. The Balaban J connectivity index is 1.28. The molecule has 8 nitrogen and oxygen atoms in total. The van der Waals surface area contributed by atoms with Crippen molar-refractivity contribution in [2.24, 2.45) is 10.9 Å². The van der Waals surface area contributed by atoms with Gasteiger partial charge in [-0.05, 0) is 62.5 Å². The van der Waals surface area contributed by atoms with Gasteiger partial charge in [0.1, 0.15) is 5.58 Å². The number of benzene rings is 1. The fourth-order valence-corrected chi connectivity index (χ4v) is 5.05. The van der Waals surface area contributed by atoms with Crippen molar-refractivity contribution in [2.75, 3.05) is 33.4 Å². The lowest BCUT2D eigenvalue weighted by Crippen LogP contribution is -2.24. The third-order valence-electron chi connectivity index (χ3n) is 7.59. The van der Waals surface area contributed by atoms with Crippen LogP contribution in [0.1, 0.15) is 47.9 Å². The fraction of sp³-hybridized carbons (Fsp3) is 0.333. The number of nitrogens with zero attached hydrogens (tertiary/aromatic N) is 2. The van der Waals surface area contributed by atoms with E-state index in [2.05, 4.69) is 46.9 Å². The Bertz CT molecular complexity index is 1520. The minimum Gasteiger partial charge on any atom is -0.451 e. The summed E-state index contributed by atoms with van der Waals surface area (Å²) < 4.78 is 16.8. The van der Waals surface area contributed by atoms with Crippen molar-refractivity contribution in [3.63, 3.8) is 0 Å². The van der Waals surface area contributed by atoms with Gasteiger partial charge in [0, 0.05) is 49.2 Å². The zero-order valence-electron chi connectivity index (χ0n) is 25.9. The number of ether oxygens (including phenoxy) is 2. The van der Waals surface area contributed by atoms with Gasteiger partial charge in [-0.1, -0.05) is 61.3 Å². The van der Waals surface area contributed by atoms with Crippen molar-refractivity contribution in [3.8, 4) is 0 Å². The smallest absolute Gasteiger partial charge is 0.291 e. The molecule has 2 aliphatic rings. The zero-order valence-corrected chi connectivity index (χ0v) is 25.9. The SMILES string of the molecule is C=C/C(=C\N=CN(CC)CCCOCC1C=C(C(O)OC)C=CC1)NC(=O)c1oc2ccc(C3=CC=CC=CC3)cc2c1C. The fourth-order valence-electron chi connectivity index (χ4n) is 5.05. The van der Waals surface area contributed by atoms with Crippen LogP contribution in [0.5, 0.6) is 0 Å². The number of methoxy groups -OCH3 is 1. The van der Waals surface area contributed by atoms with Gasteiger partial charge in [0.05, 0.1) is 24.8 Å². The molecule has 0 radical (unpaired) electrons. The Morgan fingerprint density at radius 2 is 2.16 bits per heavy atom. The molecule has 8 heteroatoms. The molecule has 1 heterocycles. The van der Waals surface area contributed by atoms with Crippen LogP contribution in [-0.2, 0) is 9.47 Å². The second-order valence-corrected chi connectivity index (χ2v) is 10.7. The molecule has 0 spiro atoms. The van der Waals surface area contributed by atoms with Crippen LogP contribution in [0.3, 0.4) is 0 Å². The van der Waals surface area contributed by atoms with E-state index in [1.807, 2.05) is 55.5 Å². The van der Waals surface area contributed by atoms with Gasteiger partial charge >= 0.3 is 0 Å². The minimum absolute atomic E-state index is 0.223. The molecule has 2 N–H and O–H groups in total. The van der Waals surface area contributed by atoms with E-state index >= 15 is 0 Å². The Kier molecular flexibility index (Phi) is 12.3. The second-order valence-electron chi connectivity index (χ2n) is 10.7. The number of carbonyl (C=O) groups excluding carboxylic acids is 1. The van der Waals surface area contributed by atoms with Gasteiger partial charge in [0.2, 0.25) is 0 Å². The predicted molar refractivity (Wildman–Crippen MR) is 177 cm³/mol. The Morgan fingerprint density at radius 1 is 1.30 bits per heavy atom. The molecule has 2 aliphatic carbocycles. The molecule has 1 aromatic heterocycles. The average Bonchev–Trinajstić information content (AvgIpc) is 3.19. The van der Waals surface area contributed by atoms with E-state index < -0.39 is 6.29 Å². The number of aliphatic hydroxyl groups is 1. The van der Waals surface area contributed by atoms with Gasteiger partial charge < -0.3 is 29.2 Å². The molecular formula is C36H43N3O5. The van der Waals surface area contributed by atoms with Gasteiger partial charge in [0.25, 0.3) is 5.91 Å². The molecule has 232 valence electrons. The monoisotopic (exact) mass is 597 g/mol. The molecule has 0 fully saturated rings. The lowest BCUT2D eigenvalue weighted by molar-refractivity contribution is -0.0429. The summed E-state index contributed by atoms with van der Waals surface area (Å²) in [5.74, 6) is 0.142. The van der Waals surface area contributed by atoms with Crippen LogP contribution in [-0.4, -0.2) is 62.0 Å². The van der Waals surface area contributed by atoms with Crippen LogP contribution < -0.4 is 5.32 Å².